The van der Waals surface area contributed by atoms with Gasteiger partial charge in [0.1, 0.15) is 10.5 Å². The van der Waals surface area contributed by atoms with Crippen molar-refractivity contribution >= 4 is 45.2 Å². The number of benzene rings is 4. The van der Waals surface area contributed by atoms with E-state index in [1.54, 1.807) is 0 Å². The quantitative estimate of drug-likeness (QED) is 0.177. The smallest absolute Gasteiger partial charge is 0.227 e. The van der Waals surface area contributed by atoms with Gasteiger partial charge in [0.05, 0.1) is 11.1 Å². The number of alkyl halides is 6. The van der Waals surface area contributed by atoms with Crippen LogP contribution in [0.2, 0.25) is 10.0 Å². The lowest BCUT2D eigenvalue weighted by Gasteiger charge is -2.22. The topological polar surface area (TPSA) is 34.1 Å². The minimum atomic E-state index is -4.70. The molecule has 11 heteroatoms. The lowest BCUT2D eigenvalue weighted by atomic mass is 10.0. The molecule has 224 valence electrons. The number of hydrogen-bond donors (Lipinski definition) is 0. The molecular formula is C32H22Cl2F6O2S. The minimum Gasteiger partial charge on any atom is -0.227 e. The fourth-order valence-corrected chi connectivity index (χ4v) is 6.70. The van der Waals surface area contributed by atoms with E-state index in [1.807, 2.05) is 0 Å². The van der Waals surface area contributed by atoms with Crippen LogP contribution in [0.15, 0.2) is 109 Å². The Kier molecular flexibility index (Phi) is 9.79. The van der Waals surface area contributed by atoms with Gasteiger partial charge in [0, 0.05) is 10.0 Å². The van der Waals surface area contributed by atoms with Crippen LogP contribution < -0.4 is 0 Å². The number of rotatable bonds is 8. The molecule has 0 radical (unpaired) electrons. The Morgan fingerprint density at radius 3 is 1.19 bits per heavy atom. The SMILES string of the molecule is O=S(=O)(C(/C=C/c1ccccc1C(F)(F)F)c1ccc(Cl)cc1)C(/C=C/c1ccccc1C(F)(F)F)c1ccc(Cl)cc1. The van der Waals surface area contributed by atoms with E-state index in [4.69, 9.17) is 23.2 Å². The molecule has 0 bridgehead atoms. The minimum absolute atomic E-state index is 0.188. The first-order valence-electron chi connectivity index (χ1n) is 12.6. The Morgan fingerprint density at radius 2 is 0.860 bits per heavy atom. The third-order valence-electron chi connectivity index (χ3n) is 6.54. The molecule has 0 saturated carbocycles. The molecule has 4 aromatic rings. The molecule has 0 fully saturated rings. The monoisotopic (exact) mass is 654 g/mol. The Bertz CT molecular complexity index is 1600. The van der Waals surface area contributed by atoms with Crippen LogP contribution >= 0.6 is 23.2 Å². The van der Waals surface area contributed by atoms with Crippen molar-refractivity contribution in [3.63, 3.8) is 0 Å². The highest BCUT2D eigenvalue weighted by atomic mass is 35.5. The first-order valence-corrected chi connectivity index (χ1v) is 15.0. The third kappa shape index (κ3) is 7.90. The maximum Gasteiger partial charge on any atom is 0.416 e. The van der Waals surface area contributed by atoms with Gasteiger partial charge >= 0.3 is 12.4 Å². The van der Waals surface area contributed by atoms with Crippen molar-refractivity contribution in [2.24, 2.45) is 0 Å². The van der Waals surface area contributed by atoms with Crippen molar-refractivity contribution in [3.8, 4) is 0 Å². The van der Waals surface area contributed by atoms with Crippen molar-refractivity contribution in [1.29, 1.82) is 0 Å². The lowest BCUT2D eigenvalue weighted by Crippen LogP contribution is -2.19. The van der Waals surface area contributed by atoms with E-state index in [-0.39, 0.29) is 22.3 Å². The van der Waals surface area contributed by atoms with Crippen molar-refractivity contribution in [3.05, 3.63) is 153 Å². The van der Waals surface area contributed by atoms with E-state index in [9.17, 15) is 34.8 Å². The van der Waals surface area contributed by atoms with Crippen LogP contribution in [0, 0.1) is 0 Å². The molecule has 0 amide bonds. The van der Waals surface area contributed by atoms with Gasteiger partial charge in [-0.2, -0.15) is 26.3 Å². The van der Waals surface area contributed by atoms with Gasteiger partial charge in [-0.05, 0) is 58.7 Å². The van der Waals surface area contributed by atoms with Crippen molar-refractivity contribution < 1.29 is 34.8 Å². The molecule has 0 aliphatic heterocycles. The molecule has 4 rings (SSSR count). The zero-order valence-electron chi connectivity index (χ0n) is 22.0. The number of halogens is 8. The summed E-state index contributed by atoms with van der Waals surface area (Å²) in [4.78, 5) is 0. The van der Waals surface area contributed by atoms with Crippen LogP contribution in [0.5, 0.6) is 0 Å². The van der Waals surface area contributed by atoms with E-state index in [0.717, 1.165) is 36.4 Å². The summed E-state index contributed by atoms with van der Waals surface area (Å²) in [5.74, 6) is 0. The maximum atomic E-state index is 14.4. The second-order valence-corrected chi connectivity index (χ2v) is 12.5. The summed E-state index contributed by atoms with van der Waals surface area (Å²) >= 11 is 12.0. The van der Waals surface area contributed by atoms with Gasteiger partial charge in [0.2, 0.25) is 0 Å². The van der Waals surface area contributed by atoms with Gasteiger partial charge in [-0.25, -0.2) is 8.42 Å². The normalized spacial score (nSPS) is 14.3. The molecule has 0 aliphatic rings. The molecule has 43 heavy (non-hydrogen) atoms. The molecule has 4 aromatic carbocycles. The molecule has 0 spiro atoms. The Hall–Kier alpha value is -3.53. The maximum absolute atomic E-state index is 14.4. The molecule has 0 aromatic heterocycles. The summed E-state index contributed by atoms with van der Waals surface area (Å²) in [6.07, 6.45) is -5.00. The Morgan fingerprint density at radius 1 is 0.535 bits per heavy atom. The van der Waals surface area contributed by atoms with Crippen LogP contribution in [0.1, 0.15) is 43.9 Å². The van der Waals surface area contributed by atoms with Gasteiger partial charge in [0.25, 0.3) is 0 Å². The third-order valence-corrected chi connectivity index (χ3v) is 9.32. The van der Waals surface area contributed by atoms with Crippen LogP contribution in [-0.2, 0) is 22.2 Å². The number of sulfone groups is 1. The highest BCUT2D eigenvalue weighted by molar-refractivity contribution is 7.92. The Labute approximate surface area is 254 Å². The molecule has 0 heterocycles. The van der Waals surface area contributed by atoms with E-state index in [2.05, 4.69) is 0 Å². The molecule has 0 saturated heterocycles. The fourth-order valence-electron chi connectivity index (χ4n) is 4.47. The lowest BCUT2D eigenvalue weighted by molar-refractivity contribution is -0.138. The Balaban J connectivity index is 1.89. The van der Waals surface area contributed by atoms with Crippen molar-refractivity contribution in [1.82, 2.24) is 0 Å². The van der Waals surface area contributed by atoms with E-state index in [1.165, 1.54) is 84.9 Å². The van der Waals surface area contributed by atoms with Gasteiger partial charge in [-0.15, -0.1) is 0 Å². The predicted octanol–water partition coefficient (Wildman–Crippen LogP) is 10.7. The molecule has 2 unspecified atom stereocenters. The van der Waals surface area contributed by atoms with Gasteiger partial charge < -0.3 is 0 Å². The number of hydrogen-bond acceptors (Lipinski definition) is 2. The van der Waals surface area contributed by atoms with Crippen molar-refractivity contribution in [2.75, 3.05) is 0 Å². The standard InChI is InChI=1S/C32H22Cl2F6O2S/c33-25-15-9-23(10-16-25)29(19-13-21-5-1-3-7-27(21)31(35,36)37)43(41,42)30(24-11-17-26(34)18-12-24)20-14-22-6-2-4-8-28(22)32(38,39)40/h1-20,29-30H/b19-13+,20-14+. The van der Waals surface area contributed by atoms with Crippen LogP contribution in [0.4, 0.5) is 26.3 Å². The summed E-state index contributed by atoms with van der Waals surface area (Å²) in [6.45, 7) is 0. The summed E-state index contributed by atoms with van der Waals surface area (Å²) in [7, 11) is -4.45. The highest BCUT2D eigenvalue weighted by Gasteiger charge is 2.36. The molecule has 2 atom stereocenters. The first-order chi connectivity index (χ1) is 20.2. The van der Waals surface area contributed by atoms with Gasteiger partial charge in [-0.1, -0.05) is 108 Å². The largest absolute Gasteiger partial charge is 0.416 e. The van der Waals surface area contributed by atoms with Gasteiger partial charge in [0.15, 0.2) is 9.84 Å². The average molecular weight is 655 g/mol. The molecule has 2 nitrogen and oxygen atoms in total. The van der Waals surface area contributed by atoms with Crippen LogP contribution in [0.25, 0.3) is 12.2 Å². The molecule has 0 aliphatic carbocycles. The fraction of sp³-hybridized carbons (Fsp3) is 0.125. The predicted molar refractivity (Wildman–Crippen MR) is 158 cm³/mol. The average Bonchev–Trinajstić information content (AvgIpc) is 2.94. The van der Waals surface area contributed by atoms with E-state index >= 15 is 0 Å². The van der Waals surface area contributed by atoms with E-state index < -0.39 is 43.8 Å². The highest BCUT2D eigenvalue weighted by Crippen LogP contribution is 2.40. The summed E-state index contributed by atoms with van der Waals surface area (Å²) in [5.41, 5.74) is -2.07. The van der Waals surface area contributed by atoms with Gasteiger partial charge in [-0.3, -0.25) is 0 Å². The second kappa shape index (κ2) is 13.0. The summed E-state index contributed by atoms with van der Waals surface area (Å²) < 4.78 is 111. The molecule has 0 N–H and O–H groups in total. The zero-order valence-corrected chi connectivity index (χ0v) is 24.3. The zero-order chi connectivity index (χ0) is 31.4. The van der Waals surface area contributed by atoms with Crippen LogP contribution in [0.3, 0.4) is 0 Å². The second-order valence-electron chi connectivity index (χ2n) is 9.42. The van der Waals surface area contributed by atoms with Crippen molar-refractivity contribution in [2.45, 2.75) is 22.9 Å². The van der Waals surface area contributed by atoms with E-state index in [0.29, 0.717) is 10.0 Å². The molecular weight excluding hydrogens is 633 g/mol. The first kappa shape index (κ1) is 32.4. The summed E-state index contributed by atoms with van der Waals surface area (Å²) in [5, 5.41) is -2.45. The van der Waals surface area contributed by atoms with Crippen LogP contribution in [-0.4, -0.2) is 8.42 Å². The summed E-state index contributed by atoms with van der Waals surface area (Å²) in [6, 6.07) is 20.8.